The van der Waals surface area contributed by atoms with Crippen LogP contribution >= 0.6 is 0 Å². The Kier molecular flexibility index (Phi) is 4.21. The summed E-state index contributed by atoms with van der Waals surface area (Å²) in [7, 11) is 0. The second-order valence-corrected chi connectivity index (χ2v) is 6.04. The third-order valence-corrected chi connectivity index (χ3v) is 4.09. The number of imide groups is 1. The zero-order valence-electron chi connectivity index (χ0n) is 14.5. The van der Waals surface area contributed by atoms with Crippen LogP contribution in [0.15, 0.2) is 60.4 Å². The minimum Gasteiger partial charge on any atom is -0.357 e. The number of hydrogen-bond donors (Lipinski definition) is 2. The summed E-state index contributed by atoms with van der Waals surface area (Å²) in [4.78, 5) is 33.2. The summed E-state index contributed by atoms with van der Waals surface area (Å²) in [5.74, 6) is 0.547. The number of nitrogens with zero attached hydrogens (tertiary/aromatic N) is 4. The van der Waals surface area contributed by atoms with Crippen molar-refractivity contribution in [3.63, 3.8) is 0 Å². The zero-order valence-corrected chi connectivity index (χ0v) is 14.5. The molecule has 2 amide bonds. The van der Waals surface area contributed by atoms with Gasteiger partial charge in [-0.05, 0) is 24.3 Å². The molecule has 0 unspecified atom stereocenters. The third-order valence-electron chi connectivity index (χ3n) is 4.09. The third kappa shape index (κ3) is 3.45. The summed E-state index contributed by atoms with van der Waals surface area (Å²) >= 11 is 0. The highest BCUT2D eigenvalue weighted by atomic mass is 16.2. The van der Waals surface area contributed by atoms with Gasteiger partial charge in [-0.15, -0.1) is 0 Å². The second-order valence-electron chi connectivity index (χ2n) is 6.04. The van der Waals surface area contributed by atoms with E-state index in [4.69, 9.17) is 0 Å². The molecular formula is C19H16N6O2. The highest BCUT2D eigenvalue weighted by Crippen LogP contribution is 2.23. The highest BCUT2D eigenvalue weighted by molar-refractivity contribution is 6.03. The van der Waals surface area contributed by atoms with Gasteiger partial charge in [0, 0.05) is 36.1 Å². The van der Waals surface area contributed by atoms with Crippen LogP contribution in [0.5, 0.6) is 0 Å². The van der Waals surface area contributed by atoms with Gasteiger partial charge in [-0.1, -0.05) is 18.2 Å². The number of hydrogen-bond acceptors (Lipinski definition) is 6. The number of amides is 2. The molecule has 27 heavy (non-hydrogen) atoms. The number of pyridine rings is 1. The molecule has 134 valence electrons. The molecule has 0 saturated heterocycles. The van der Waals surface area contributed by atoms with Crippen LogP contribution < -0.4 is 5.32 Å². The fourth-order valence-electron chi connectivity index (χ4n) is 2.79. The van der Waals surface area contributed by atoms with Crippen LogP contribution in [-0.2, 0) is 9.59 Å². The number of nitrogens with one attached hydrogen (secondary N) is 2. The highest BCUT2D eigenvalue weighted by Gasteiger charge is 2.24. The van der Waals surface area contributed by atoms with Gasteiger partial charge in [-0.2, -0.15) is 5.10 Å². The predicted molar refractivity (Wildman–Crippen MR) is 99.1 cm³/mol. The molecule has 1 aliphatic heterocycles. The van der Waals surface area contributed by atoms with Crippen molar-refractivity contribution in [3.05, 3.63) is 60.4 Å². The van der Waals surface area contributed by atoms with Gasteiger partial charge >= 0.3 is 0 Å². The minimum atomic E-state index is -0.310. The lowest BCUT2D eigenvalue weighted by Gasteiger charge is -2.12. The van der Waals surface area contributed by atoms with Crippen molar-refractivity contribution >= 4 is 17.5 Å². The Labute approximate surface area is 155 Å². The van der Waals surface area contributed by atoms with Gasteiger partial charge in [0.25, 0.3) is 5.91 Å². The number of anilines is 1. The molecule has 8 heteroatoms. The molecule has 8 nitrogen and oxygen atoms in total. The first-order valence-electron chi connectivity index (χ1n) is 8.34. The van der Waals surface area contributed by atoms with E-state index in [1.54, 1.807) is 6.20 Å². The van der Waals surface area contributed by atoms with E-state index in [1.165, 1.54) is 17.9 Å². The van der Waals surface area contributed by atoms with E-state index in [9.17, 15) is 9.59 Å². The van der Waals surface area contributed by atoms with E-state index in [1.807, 2.05) is 42.5 Å². The van der Waals surface area contributed by atoms with Gasteiger partial charge < -0.3 is 5.32 Å². The molecule has 0 atom stereocenters. The molecular weight excluding hydrogens is 344 g/mol. The molecule has 1 aliphatic rings. The molecule has 1 aromatic carbocycles. The number of aromatic amines is 1. The van der Waals surface area contributed by atoms with Gasteiger partial charge in [-0.25, -0.2) is 4.98 Å². The van der Waals surface area contributed by atoms with E-state index >= 15 is 0 Å². The van der Waals surface area contributed by atoms with Crippen LogP contribution in [0.25, 0.3) is 22.9 Å². The fraction of sp³-hybridized carbons (Fsp3) is 0.105. The summed E-state index contributed by atoms with van der Waals surface area (Å²) in [6.45, 7) is 1.61. The summed E-state index contributed by atoms with van der Waals surface area (Å²) in [5.41, 5.74) is 2.97. The molecule has 0 aliphatic carbocycles. The van der Waals surface area contributed by atoms with E-state index in [-0.39, 0.29) is 18.4 Å². The number of carbonyl (C=O) groups excluding carboxylic acids is 2. The van der Waals surface area contributed by atoms with E-state index in [2.05, 4.69) is 25.5 Å². The Morgan fingerprint density at radius 1 is 1.22 bits per heavy atom. The number of carbonyl (C=O) groups is 2. The van der Waals surface area contributed by atoms with E-state index in [0.717, 1.165) is 11.3 Å². The molecule has 3 heterocycles. The van der Waals surface area contributed by atoms with Gasteiger partial charge in [0.2, 0.25) is 5.91 Å². The molecule has 0 bridgehead atoms. The van der Waals surface area contributed by atoms with Crippen molar-refractivity contribution in [2.45, 2.75) is 6.92 Å². The summed E-state index contributed by atoms with van der Waals surface area (Å²) in [6.07, 6.45) is 3.13. The zero-order chi connectivity index (χ0) is 18.8. The number of rotatable bonds is 4. The maximum absolute atomic E-state index is 11.8. The first-order chi connectivity index (χ1) is 13.1. The van der Waals surface area contributed by atoms with Crippen LogP contribution in [0.3, 0.4) is 0 Å². The molecule has 2 aromatic heterocycles. The van der Waals surface area contributed by atoms with Gasteiger partial charge in [0.15, 0.2) is 11.6 Å². The Morgan fingerprint density at radius 2 is 2.11 bits per heavy atom. The average molecular weight is 360 g/mol. The molecule has 0 saturated carbocycles. The van der Waals surface area contributed by atoms with Crippen molar-refractivity contribution in [1.29, 1.82) is 0 Å². The topological polar surface area (TPSA) is 104 Å². The molecule has 0 fully saturated rings. The Hall–Kier alpha value is -3.81. The van der Waals surface area contributed by atoms with Crippen molar-refractivity contribution in [1.82, 2.24) is 25.1 Å². The number of H-pyrrole nitrogens is 1. The van der Waals surface area contributed by atoms with Crippen LogP contribution in [0.2, 0.25) is 0 Å². The lowest BCUT2D eigenvalue weighted by molar-refractivity contribution is -0.138. The van der Waals surface area contributed by atoms with Crippen LogP contribution in [0.4, 0.5) is 5.69 Å². The first kappa shape index (κ1) is 16.6. The molecule has 0 spiro atoms. The molecule has 4 rings (SSSR count). The van der Waals surface area contributed by atoms with Crippen LogP contribution in [0.1, 0.15) is 6.92 Å². The van der Waals surface area contributed by atoms with Crippen molar-refractivity contribution < 1.29 is 9.59 Å². The molecule has 2 N–H and O–H groups in total. The fourth-order valence-corrected chi connectivity index (χ4v) is 2.79. The summed E-state index contributed by atoms with van der Waals surface area (Å²) in [6, 6.07) is 13.1. The Balaban J connectivity index is 1.54. The maximum Gasteiger partial charge on any atom is 0.255 e. The Morgan fingerprint density at radius 3 is 2.85 bits per heavy atom. The standard InChI is InChI=1S/C19H16N6O2/c1-12(26)25-11-15(10-17(25)27)21-14-6-4-5-13(9-14)18-22-19(24-23-18)16-7-2-3-8-20-16/h2-10,21H,11H2,1H3,(H,22,23,24). The van der Waals surface area contributed by atoms with Gasteiger partial charge in [-0.3, -0.25) is 24.6 Å². The smallest absolute Gasteiger partial charge is 0.255 e. The number of benzene rings is 1. The van der Waals surface area contributed by atoms with E-state index < -0.39 is 0 Å². The second kappa shape index (κ2) is 6.83. The lowest BCUT2D eigenvalue weighted by Crippen LogP contribution is -2.31. The van der Waals surface area contributed by atoms with Crippen LogP contribution in [-0.4, -0.2) is 43.4 Å². The van der Waals surface area contributed by atoms with Crippen molar-refractivity contribution in [2.75, 3.05) is 11.9 Å². The van der Waals surface area contributed by atoms with Crippen molar-refractivity contribution in [2.24, 2.45) is 0 Å². The van der Waals surface area contributed by atoms with Gasteiger partial charge in [0.05, 0.1) is 6.54 Å². The molecule has 0 radical (unpaired) electrons. The van der Waals surface area contributed by atoms with E-state index in [0.29, 0.717) is 23.0 Å². The first-order valence-corrected chi connectivity index (χ1v) is 8.34. The molecule has 3 aromatic rings. The predicted octanol–water partition coefficient (Wildman–Crippen LogP) is 2.22. The summed E-state index contributed by atoms with van der Waals surface area (Å²) in [5, 5.41) is 10.3. The van der Waals surface area contributed by atoms with Crippen LogP contribution in [0, 0.1) is 0 Å². The number of aromatic nitrogens is 4. The van der Waals surface area contributed by atoms with Crippen molar-refractivity contribution in [3.8, 4) is 22.9 Å². The normalized spacial score (nSPS) is 13.6. The SMILES string of the molecule is CC(=O)N1CC(Nc2cccc(-c3n[nH]c(-c4ccccn4)n3)c2)=CC1=O. The average Bonchev–Trinajstić information content (AvgIpc) is 3.30. The summed E-state index contributed by atoms with van der Waals surface area (Å²) < 4.78 is 0. The lowest BCUT2D eigenvalue weighted by atomic mass is 10.2. The quantitative estimate of drug-likeness (QED) is 0.739. The van der Waals surface area contributed by atoms with Gasteiger partial charge in [0.1, 0.15) is 5.69 Å². The maximum atomic E-state index is 11.8. The largest absolute Gasteiger partial charge is 0.357 e. The monoisotopic (exact) mass is 360 g/mol. The Bertz CT molecular complexity index is 1040. The minimum absolute atomic E-state index is 0.239.